The van der Waals surface area contributed by atoms with Crippen molar-refractivity contribution in [2.24, 2.45) is 11.8 Å². The van der Waals surface area contributed by atoms with E-state index in [4.69, 9.17) is 16.3 Å². The highest BCUT2D eigenvalue weighted by Crippen LogP contribution is 2.37. The zero-order valence-electron chi connectivity index (χ0n) is 33.7. The average Bonchev–Trinajstić information content (AvgIpc) is 3.80. The number of fused-ring (bicyclic) bond motifs is 6. The SMILES string of the molecule is CS(=O)(=O)CCCNC(=O)C1CCc2[nH]c3ncnc(Cl)c3c2C1.CS(=O)(=O)CCCNC(=O)C1CCc2[nH]c3ncnc(Nc4ccccc4N4CCOCC4)c3c2C1. The Morgan fingerprint density at radius 1 is 0.783 bits per heavy atom. The summed E-state index contributed by atoms with van der Waals surface area (Å²) >= 11 is 6.18. The first-order valence-electron chi connectivity index (χ1n) is 20.2. The van der Waals surface area contributed by atoms with E-state index in [-0.39, 0.29) is 35.2 Å². The third-order valence-electron chi connectivity index (χ3n) is 11.1. The van der Waals surface area contributed by atoms with Gasteiger partial charge in [-0.25, -0.2) is 36.8 Å². The van der Waals surface area contributed by atoms with E-state index in [1.807, 2.05) is 18.2 Å². The van der Waals surface area contributed by atoms with Crippen LogP contribution in [-0.4, -0.2) is 122 Å². The monoisotopic (exact) mass is 882 g/mol. The van der Waals surface area contributed by atoms with Gasteiger partial charge in [0.25, 0.3) is 0 Å². The number of anilines is 3. The van der Waals surface area contributed by atoms with Crippen molar-refractivity contribution in [3.8, 4) is 0 Å². The molecule has 2 unspecified atom stereocenters. The number of para-hydroxylation sites is 2. The Morgan fingerprint density at radius 2 is 1.32 bits per heavy atom. The molecular weight excluding hydrogens is 832 g/mol. The summed E-state index contributed by atoms with van der Waals surface area (Å²) in [6.45, 7) is 3.80. The molecule has 2 aliphatic carbocycles. The number of carbonyl (C=O) groups excluding carboxylic acids is 2. The fourth-order valence-electron chi connectivity index (χ4n) is 8.15. The van der Waals surface area contributed by atoms with Gasteiger partial charge in [-0.3, -0.25) is 9.59 Å². The molecule has 60 heavy (non-hydrogen) atoms. The number of H-pyrrole nitrogens is 2. The largest absolute Gasteiger partial charge is 0.378 e. The molecule has 1 aromatic carbocycles. The molecule has 0 saturated carbocycles. The standard InChI is InChI=1S/C25H32N6O4S.C15H19ClN4O3S/c1-36(33,34)14-4-9-26-25(32)17-7-8-19-18(15-17)22-23(29-19)27-16-28-24(22)30-20-5-2-3-6-21(20)31-10-12-35-13-11-31;1-24(22,23)6-2-5-17-15(21)9-3-4-11-10(7-9)12-13(16)18-8-19-14(12)20-11/h2-3,5-6,16-17H,4,7-15H2,1H3,(H,26,32)(H2,27,28,29,30);8-9H,2-7H2,1H3,(H,17,21)(H,18,19,20). The molecule has 20 heteroatoms. The van der Waals surface area contributed by atoms with Crippen LogP contribution in [0.3, 0.4) is 0 Å². The number of rotatable bonds is 13. The quantitative estimate of drug-likeness (QED) is 0.0844. The van der Waals surface area contributed by atoms with Gasteiger partial charge in [0, 0.05) is 61.9 Å². The third kappa shape index (κ3) is 10.7. The molecule has 1 aliphatic heterocycles. The highest BCUT2D eigenvalue weighted by molar-refractivity contribution is 7.90. The molecule has 0 bridgehead atoms. The van der Waals surface area contributed by atoms with Gasteiger partial charge >= 0.3 is 0 Å². The van der Waals surface area contributed by atoms with Gasteiger partial charge in [0.15, 0.2) is 0 Å². The molecule has 1 fully saturated rings. The van der Waals surface area contributed by atoms with E-state index in [2.05, 4.69) is 56.8 Å². The molecule has 5 heterocycles. The van der Waals surface area contributed by atoms with E-state index in [0.29, 0.717) is 68.6 Å². The third-order valence-corrected chi connectivity index (χ3v) is 13.5. The zero-order chi connectivity index (χ0) is 42.4. The van der Waals surface area contributed by atoms with Crippen molar-refractivity contribution in [1.82, 2.24) is 40.5 Å². The highest BCUT2D eigenvalue weighted by atomic mass is 35.5. The number of halogens is 1. The van der Waals surface area contributed by atoms with Crippen molar-refractivity contribution >= 4 is 82.3 Å². The number of carbonyl (C=O) groups is 2. The van der Waals surface area contributed by atoms with Crippen LogP contribution in [0.1, 0.15) is 48.2 Å². The van der Waals surface area contributed by atoms with Crippen molar-refractivity contribution in [2.45, 2.75) is 51.4 Å². The van der Waals surface area contributed by atoms with Crippen LogP contribution in [0.5, 0.6) is 0 Å². The van der Waals surface area contributed by atoms with Gasteiger partial charge in [0.05, 0.1) is 46.9 Å². The minimum Gasteiger partial charge on any atom is -0.378 e. The number of hydrogen-bond donors (Lipinski definition) is 5. The summed E-state index contributed by atoms with van der Waals surface area (Å²) in [5.41, 5.74) is 7.76. The second-order valence-corrected chi connectivity index (χ2v) is 20.5. The van der Waals surface area contributed by atoms with Gasteiger partial charge in [-0.2, -0.15) is 0 Å². The van der Waals surface area contributed by atoms with E-state index in [9.17, 15) is 26.4 Å². The van der Waals surface area contributed by atoms with Gasteiger partial charge in [-0.15, -0.1) is 0 Å². The number of aromatic amines is 2. The van der Waals surface area contributed by atoms with Crippen molar-refractivity contribution in [3.63, 3.8) is 0 Å². The van der Waals surface area contributed by atoms with Crippen LogP contribution in [0.2, 0.25) is 5.15 Å². The number of ether oxygens (including phenoxy) is 1. The predicted molar refractivity (Wildman–Crippen MR) is 231 cm³/mol. The van der Waals surface area contributed by atoms with Crippen LogP contribution in [0.15, 0.2) is 36.9 Å². The molecule has 4 aromatic heterocycles. The van der Waals surface area contributed by atoms with Crippen LogP contribution < -0.4 is 20.9 Å². The fourth-order valence-corrected chi connectivity index (χ4v) is 9.74. The second kappa shape index (κ2) is 18.8. The van der Waals surface area contributed by atoms with Crippen LogP contribution in [0, 0.1) is 11.8 Å². The first-order chi connectivity index (χ1) is 28.7. The lowest BCUT2D eigenvalue weighted by Crippen LogP contribution is -2.36. The molecule has 2 atom stereocenters. The molecule has 5 N–H and O–H groups in total. The summed E-state index contributed by atoms with van der Waals surface area (Å²) in [6, 6.07) is 8.18. The maximum atomic E-state index is 12.9. The summed E-state index contributed by atoms with van der Waals surface area (Å²) in [5.74, 6) is 0.464. The van der Waals surface area contributed by atoms with Crippen molar-refractivity contribution in [2.75, 3.05) is 73.6 Å². The minimum absolute atomic E-state index is 0.0347. The Labute approximate surface area is 354 Å². The van der Waals surface area contributed by atoms with Crippen LogP contribution >= 0.6 is 11.6 Å². The summed E-state index contributed by atoms with van der Waals surface area (Å²) in [5, 5.41) is 11.4. The van der Waals surface area contributed by atoms with Crippen molar-refractivity contribution in [3.05, 3.63) is 64.6 Å². The maximum Gasteiger partial charge on any atom is 0.223 e. The first kappa shape index (κ1) is 43.2. The Morgan fingerprint density at radius 3 is 1.90 bits per heavy atom. The lowest BCUT2D eigenvalue weighted by atomic mass is 9.86. The van der Waals surface area contributed by atoms with Gasteiger partial charge in [-0.1, -0.05) is 23.7 Å². The molecular formula is C40H51ClN10O7S2. The Kier molecular flexibility index (Phi) is 13.6. The van der Waals surface area contributed by atoms with E-state index < -0.39 is 19.7 Å². The summed E-state index contributed by atoms with van der Waals surface area (Å²) in [7, 11) is -6.02. The van der Waals surface area contributed by atoms with Gasteiger partial charge < -0.3 is 35.6 Å². The number of aryl methyl sites for hydroxylation is 2. The van der Waals surface area contributed by atoms with E-state index in [1.165, 1.54) is 18.8 Å². The molecule has 322 valence electrons. The summed E-state index contributed by atoms with van der Waals surface area (Å²) < 4.78 is 50.4. The smallest absolute Gasteiger partial charge is 0.223 e. The van der Waals surface area contributed by atoms with E-state index in [1.54, 1.807) is 6.33 Å². The number of aromatic nitrogens is 6. The van der Waals surface area contributed by atoms with Crippen LogP contribution in [0.25, 0.3) is 22.1 Å². The molecule has 0 spiro atoms. The highest BCUT2D eigenvalue weighted by Gasteiger charge is 2.30. The number of nitrogens with one attached hydrogen (secondary N) is 5. The Bertz CT molecular complexity index is 2580. The Balaban J connectivity index is 0.000000197. The second-order valence-electron chi connectivity index (χ2n) is 15.7. The maximum absolute atomic E-state index is 12.9. The molecule has 8 rings (SSSR count). The molecule has 0 radical (unpaired) electrons. The van der Waals surface area contributed by atoms with Crippen LogP contribution in [0.4, 0.5) is 17.2 Å². The van der Waals surface area contributed by atoms with E-state index in [0.717, 1.165) is 89.1 Å². The molecule has 3 aliphatic rings. The number of benzene rings is 1. The number of amides is 2. The topological polar surface area (TPSA) is 234 Å². The van der Waals surface area contributed by atoms with Crippen molar-refractivity contribution in [1.29, 1.82) is 0 Å². The predicted octanol–water partition coefficient (Wildman–Crippen LogP) is 3.46. The molecule has 5 aromatic rings. The number of morpholine rings is 1. The fraction of sp³-hybridized carbons (Fsp3) is 0.500. The molecule has 17 nitrogen and oxygen atoms in total. The lowest BCUT2D eigenvalue weighted by molar-refractivity contribution is -0.126. The van der Waals surface area contributed by atoms with E-state index >= 15 is 0 Å². The zero-order valence-corrected chi connectivity index (χ0v) is 36.1. The van der Waals surface area contributed by atoms with Crippen LogP contribution in [-0.2, 0) is 59.7 Å². The number of nitrogens with zero attached hydrogens (tertiary/aromatic N) is 5. The molecule has 1 saturated heterocycles. The minimum atomic E-state index is -3.03. The Hall–Kier alpha value is -4.85. The summed E-state index contributed by atoms with van der Waals surface area (Å²) in [6.07, 6.45) is 10.4. The van der Waals surface area contributed by atoms with Gasteiger partial charge in [0.1, 0.15) is 54.6 Å². The van der Waals surface area contributed by atoms with Gasteiger partial charge in [-0.05, 0) is 74.6 Å². The number of hydrogen-bond acceptors (Lipinski definition) is 13. The van der Waals surface area contributed by atoms with Crippen molar-refractivity contribution < 1.29 is 31.2 Å². The lowest BCUT2D eigenvalue weighted by Gasteiger charge is -2.30. The average molecular weight is 883 g/mol. The normalized spacial score (nSPS) is 17.9. The number of sulfone groups is 2. The molecule has 2 amide bonds. The summed E-state index contributed by atoms with van der Waals surface area (Å²) in [4.78, 5) is 51.4. The first-order valence-corrected chi connectivity index (χ1v) is 24.7. The van der Waals surface area contributed by atoms with Gasteiger partial charge in [0.2, 0.25) is 11.8 Å².